The van der Waals surface area contributed by atoms with Gasteiger partial charge in [-0.25, -0.2) is 4.57 Å². The summed E-state index contributed by atoms with van der Waals surface area (Å²) < 4.78 is 15.1. The smallest absolute Gasteiger partial charge is 0.361 e. The molecular formula is C14H16N3O4P. The van der Waals surface area contributed by atoms with Crippen LogP contribution in [-0.4, -0.2) is 26.9 Å². The summed E-state index contributed by atoms with van der Waals surface area (Å²) in [7, 11) is -4.49. The lowest BCUT2D eigenvalue weighted by molar-refractivity contribution is -0.00693. The van der Waals surface area contributed by atoms with Gasteiger partial charge in [-0.1, -0.05) is 18.2 Å². The lowest BCUT2D eigenvalue weighted by atomic mass is 9.98. The molecule has 0 radical (unpaired) electrons. The van der Waals surface area contributed by atoms with Crippen LogP contribution in [0.2, 0.25) is 0 Å². The van der Waals surface area contributed by atoms with Gasteiger partial charge in [0.2, 0.25) is 0 Å². The van der Waals surface area contributed by atoms with E-state index in [0.29, 0.717) is 17.7 Å². The van der Waals surface area contributed by atoms with Crippen molar-refractivity contribution >= 4 is 19.2 Å². The molecule has 0 saturated carbocycles. The van der Waals surface area contributed by atoms with Crippen molar-refractivity contribution in [2.45, 2.75) is 12.8 Å². The Morgan fingerprint density at radius 3 is 2.68 bits per heavy atom. The topological polar surface area (TPSA) is 115 Å². The van der Waals surface area contributed by atoms with Crippen LogP contribution in [0.15, 0.2) is 53.8 Å². The van der Waals surface area contributed by atoms with Gasteiger partial charge in [-0.15, -0.1) is 0 Å². The molecular weight excluding hydrogens is 305 g/mol. The monoisotopic (exact) mass is 321 g/mol. The molecule has 0 heterocycles. The minimum Gasteiger partial charge on any atom is -0.361 e. The molecule has 0 aliphatic heterocycles. The van der Waals surface area contributed by atoms with Crippen molar-refractivity contribution in [1.82, 2.24) is 0 Å². The lowest BCUT2D eigenvalue weighted by Crippen LogP contribution is -2.13. The SMILES string of the molecule is [N-]=[N+]=C1CC=C(Nc2ccccc2)C=C1CCOP(=O)(O)O. The largest absolute Gasteiger partial charge is 0.469 e. The average molecular weight is 321 g/mol. The number of allylic oxidation sites excluding steroid dienone is 2. The number of phosphoric ester groups is 1. The van der Waals surface area contributed by atoms with E-state index in [9.17, 15) is 4.57 Å². The van der Waals surface area contributed by atoms with Gasteiger partial charge in [-0.05, 0) is 24.3 Å². The Bertz CT molecular complexity index is 687. The van der Waals surface area contributed by atoms with Crippen LogP contribution >= 0.6 is 7.82 Å². The summed E-state index contributed by atoms with van der Waals surface area (Å²) in [5.41, 5.74) is 11.9. The molecule has 116 valence electrons. The third-order valence-corrected chi connectivity index (χ3v) is 3.55. The predicted molar refractivity (Wildman–Crippen MR) is 82.1 cm³/mol. The van der Waals surface area contributed by atoms with E-state index in [1.807, 2.05) is 36.4 Å². The van der Waals surface area contributed by atoms with E-state index in [1.54, 1.807) is 6.08 Å². The van der Waals surface area contributed by atoms with Crippen LogP contribution in [0, 0.1) is 0 Å². The maximum Gasteiger partial charge on any atom is 0.469 e. The third kappa shape index (κ3) is 5.07. The zero-order valence-electron chi connectivity index (χ0n) is 11.7. The van der Waals surface area contributed by atoms with Gasteiger partial charge in [0, 0.05) is 23.4 Å². The number of rotatable bonds is 6. The molecule has 2 rings (SSSR count). The summed E-state index contributed by atoms with van der Waals surface area (Å²) in [5.74, 6) is 0. The van der Waals surface area contributed by atoms with Crippen LogP contribution < -0.4 is 5.32 Å². The maximum absolute atomic E-state index is 10.7. The molecule has 0 spiro atoms. The van der Waals surface area contributed by atoms with E-state index in [2.05, 4.69) is 14.6 Å². The molecule has 0 unspecified atom stereocenters. The lowest BCUT2D eigenvalue weighted by Gasteiger charge is -2.13. The fourth-order valence-electron chi connectivity index (χ4n) is 2.04. The zero-order valence-corrected chi connectivity index (χ0v) is 12.6. The highest BCUT2D eigenvalue weighted by molar-refractivity contribution is 7.46. The molecule has 0 saturated heterocycles. The number of anilines is 1. The van der Waals surface area contributed by atoms with Gasteiger partial charge < -0.3 is 20.6 Å². The molecule has 0 amide bonds. The van der Waals surface area contributed by atoms with Gasteiger partial charge in [-0.3, -0.25) is 4.52 Å². The molecule has 22 heavy (non-hydrogen) atoms. The summed E-state index contributed by atoms with van der Waals surface area (Å²) in [6.07, 6.45) is 4.30. The maximum atomic E-state index is 10.7. The molecule has 3 N–H and O–H groups in total. The fourth-order valence-corrected chi connectivity index (χ4v) is 2.37. The second-order valence-corrected chi connectivity index (χ2v) is 5.88. The molecule has 0 bridgehead atoms. The van der Waals surface area contributed by atoms with E-state index < -0.39 is 7.82 Å². The standard InChI is InChI=1S/C14H16N3O4P/c15-17-14-7-6-13(16-12-4-2-1-3-5-12)10-11(14)8-9-21-22(18,19)20/h1-6,10,16H,7-9H2,(H2,18,19,20). The van der Waals surface area contributed by atoms with Gasteiger partial charge in [0.1, 0.15) is 0 Å². The number of hydrogen-bond acceptors (Lipinski definition) is 3. The van der Waals surface area contributed by atoms with E-state index >= 15 is 0 Å². The minimum atomic E-state index is -4.49. The van der Waals surface area contributed by atoms with Crippen molar-refractivity contribution in [2.75, 3.05) is 11.9 Å². The highest BCUT2D eigenvalue weighted by Gasteiger charge is 2.21. The first-order valence-electron chi connectivity index (χ1n) is 6.62. The predicted octanol–water partition coefficient (Wildman–Crippen LogP) is 2.48. The molecule has 7 nitrogen and oxygen atoms in total. The second kappa shape index (κ2) is 7.31. The Labute approximate surface area is 127 Å². The number of benzene rings is 1. The van der Waals surface area contributed by atoms with Gasteiger partial charge in [-0.2, -0.15) is 4.79 Å². The highest BCUT2D eigenvalue weighted by atomic mass is 31.2. The van der Waals surface area contributed by atoms with Crippen LogP contribution in [0.1, 0.15) is 12.8 Å². The molecule has 0 fully saturated rings. The first kappa shape index (κ1) is 16.4. The average Bonchev–Trinajstić information content (AvgIpc) is 2.47. The van der Waals surface area contributed by atoms with Gasteiger partial charge in [0.15, 0.2) is 0 Å². The van der Waals surface area contributed by atoms with Crippen molar-refractivity contribution in [3.63, 3.8) is 0 Å². The molecule has 0 aromatic heterocycles. The third-order valence-electron chi connectivity index (χ3n) is 3.03. The molecule has 8 heteroatoms. The van der Waals surface area contributed by atoms with Crippen LogP contribution in [0.3, 0.4) is 0 Å². The fraction of sp³-hybridized carbons (Fsp3) is 0.214. The van der Waals surface area contributed by atoms with E-state index in [-0.39, 0.29) is 13.0 Å². The number of nitrogens with zero attached hydrogens (tertiary/aromatic N) is 2. The first-order valence-corrected chi connectivity index (χ1v) is 8.15. The summed E-state index contributed by atoms with van der Waals surface area (Å²) in [6, 6.07) is 9.56. The normalized spacial score (nSPS) is 14.9. The molecule has 1 aromatic rings. The van der Waals surface area contributed by atoms with Crippen LogP contribution in [0.25, 0.3) is 5.53 Å². The number of para-hydroxylation sites is 1. The van der Waals surface area contributed by atoms with Gasteiger partial charge in [0.25, 0.3) is 5.71 Å². The van der Waals surface area contributed by atoms with Crippen molar-refractivity contribution < 1.29 is 23.7 Å². The zero-order chi connectivity index (χ0) is 16.0. The highest BCUT2D eigenvalue weighted by Crippen LogP contribution is 2.36. The molecule has 0 atom stereocenters. The summed E-state index contributed by atoms with van der Waals surface area (Å²) in [6.45, 7) is -0.159. The second-order valence-electron chi connectivity index (χ2n) is 4.64. The number of phosphoric acid groups is 1. The quantitative estimate of drug-likeness (QED) is 0.423. The van der Waals surface area contributed by atoms with Crippen molar-refractivity contribution in [2.24, 2.45) is 0 Å². The molecule has 1 aliphatic rings. The first-order chi connectivity index (χ1) is 10.5. The molecule has 1 aliphatic carbocycles. The summed E-state index contributed by atoms with van der Waals surface area (Å²) >= 11 is 0. The van der Waals surface area contributed by atoms with Crippen LogP contribution in [0.5, 0.6) is 0 Å². The van der Waals surface area contributed by atoms with Crippen molar-refractivity contribution in [3.05, 3.63) is 59.3 Å². The van der Waals surface area contributed by atoms with E-state index in [1.165, 1.54) is 0 Å². The Balaban J connectivity index is 2.06. The number of hydrogen-bond donors (Lipinski definition) is 3. The Morgan fingerprint density at radius 2 is 2.05 bits per heavy atom. The minimum absolute atomic E-state index is 0.159. The van der Waals surface area contributed by atoms with Gasteiger partial charge in [0.05, 0.1) is 13.0 Å². The van der Waals surface area contributed by atoms with Crippen molar-refractivity contribution in [3.8, 4) is 0 Å². The summed E-state index contributed by atoms with van der Waals surface area (Å²) in [4.78, 5) is 20.6. The number of nitrogens with one attached hydrogen (secondary N) is 1. The van der Waals surface area contributed by atoms with E-state index in [4.69, 9.17) is 15.3 Å². The summed E-state index contributed by atoms with van der Waals surface area (Å²) in [5, 5.41) is 3.22. The molecule has 1 aromatic carbocycles. The van der Waals surface area contributed by atoms with Gasteiger partial charge >= 0.3 is 7.82 Å². The Kier molecular flexibility index (Phi) is 5.44. The van der Waals surface area contributed by atoms with Crippen LogP contribution in [0.4, 0.5) is 5.69 Å². The van der Waals surface area contributed by atoms with E-state index in [0.717, 1.165) is 11.4 Å². The van der Waals surface area contributed by atoms with Crippen LogP contribution in [-0.2, 0) is 9.09 Å². The van der Waals surface area contributed by atoms with Crippen molar-refractivity contribution in [1.29, 1.82) is 0 Å². The Morgan fingerprint density at radius 1 is 1.32 bits per heavy atom. The Hall–Kier alpha value is -2.01.